The molecule has 1 unspecified atom stereocenters. The van der Waals surface area contributed by atoms with Crippen LogP contribution < -0.4 is 0 Å². The molecule has 2 saturated heterocycles. The van der Waals surface area contributed by atoms with Crippen LogP contribution in [0.25, 0.3) is 0 Å². The van der Waals surface area contributed by atoms with Crippen molar-refractivity contribution in [2.24, 2.45) is 0 Å². The third-order valence-electron chi connectivity index (χ3n) is 3.99. The second-order valence-electron chi connectivity index (χ2n) is 6.87. The summed E-state index contributed by atoms with van der Waals surface area (Å²) in [6.45, 7) is 13.3. The second kappa shape index (κ2) is 4.41. The van der Waals surface area contributed by atoms with Crippen LogP contribution in [-0.4, -0.2) is 52.2 Å². The van der Waals surface area contributed by atoms with Crippen LogP contribution in [0.1, 0.15) is 48.0 Å². The van der Waals surface area contributed by atoms with Gasteiger partial charge in [0.05, 0.1) is 6.04 Å². The summed E-state index contributed by atoms with van der Waals surface area (Å²) in [6, 6.07) is 1.83. The van der Waals surface area contributed by atoms with Gasteiger partial charge in [-0.25, -0.2) is 4.79 Å². The van der Waals surface area contributed by atoms with E-state index < -0.39 is 5.60 Å². The molecule has 2 rings (SSSR count). The lowest BCUT2D eigenvalue weighted by atomic mass is 10.1. The number of carbonyl (C=O) groups excluding carboxylic acids is 1. The fraction of sp³-hybridized carbons (Fsp3) is 0.929. The number of nitrogens with zero attached hydrogens (tertiary/aromatic N) is 2. The van der Waals surface area contributed by atoms with E-state index in [-0.39, 0.29) is 6.09 Å². The van der Waals surface area contributed by atoms with E-state index in [1.54, 1.807) is 0 Å². The zero-order valence-electron chi connectivity index (χ0n) is 12.4. The van der Waals surface area contributed by atoms with Crippen LogP contribution in [0.2, 0.25) is 0 Å². The number of amides is 1. The average molecular weight is 254 g/mol. The molecule has 0 N–H and O–H groups in total. The Morgan fingerprint density at radius 3 is 2.39 bits per heavy atom. The van der Waals surface area contributed by atoms with Crippen molar-refractivity contribution in [2.45, 2.75) is 77.7 Å². The van der Waals surface area contributed by atoms with E-state index in [1.807, 2.05) is 25.7 Å². The Hall–Kier alpha value is -0.770. The van der Waals surface area contributed by atoms with Gasteiger partial charge >= 0.3 is 6.09 Å². The molecule has 2 heterocycles. The number of fused-ring (bicyclic) bond motifs is 2. The lowest BCUT2D eigenvalue weighted by Crippen LogP contribution is -2.56. The van der Waals surface area contributed by atoms with Gasteiger partial charge in [0, 0.05) is 24.7 Å². The SMILES string of the molecule is CC(C)N1C(C)[C@@H]2C[C@H]1CN2C(=O)OC(C)(C)C. The fourth-order valence-corrected chi connectivity index (χ4v) is 3.47. The van der Waals surface area contributed by atoms with E-state index >= 15 is 0 Å². The van der Waals surface area contributed by atoms with E-state index in [0.717, 1.165) is 13.0 Å². The van der Waals surface area contributed by atoms with Crippen molar-refractivity contribution in [1.29, 1.82) is 0 Å². The van der Waals surface area contributed by atoms with Crippen LogP contribution in [0.4, 0.5) is 4.79 Å². The van der Waals surface area contributed by atoms with Crippen LogP contribution in [0.3, 0.4) is 0 Å². The third-order valence-corrected chi connectivity index (χ3v) is 3.99. The molecule has 0 saturated carbocycles. The molecule has 2 aliphatic rings. The minimum absolute atomic E-state index is 0.148. The Morgan fingerprint density at radius 2 is 1.94 bits per heavy atom. The summed E-state index contributed by atoms with van der Waals surface area (Å²) >= 11 is 0. The van der Waals surface area contributed by atoms with Gasteiger partial charge in [-0.1, -0.05) is 0 Å². The standard InChI is InChI=1S/C14H26N2O2/c1-9(2)16-10(3)12-7-11(16)8-15(12)13(17)18-14(4,5)6/h9-12H,7-8H2,1-6H3/t10?,11-,12-/m0/s1. The van der Waals surface area contributed by atoms with Gasteiger partial charge in [-0.3, -0.25) is 4.90 Å². The first-order valence-electron chi connectivity index (χ1n) is 6.98. The molecule has 0 aromatic carbocycles. The monoisotopic (exact) mass is 254 g/mol. The fourth-order valence-electron chi connectivity index (χ4n) is 3.47. The molecule has 4 nitrogen and oxygen atoms in total. The molecule has 3 atom stereocenters. The van der Waals surface area contributed by atoms with E-state index in [4.69, 9.17) is 4.74 Å². The maximum absolute atomic E-state index is 12.2. The van der Waals surface area contributed by atoms with Gasteiger partial charge in [0.1, 0.15) is 5.60 Å². The Labute approximate surface area is 110 Å². The van der Waals surface area contributed by atoms with Crippen molar-refractivity contribution in [3.8, 4) is 0 Å². The molecule has 0 spiro atoms. The first kappa shape index (κ1) is 13.7. The van der Waals surface area contributed by atoms with Gasteiger partial charge in [-0.05, 0) is 48.0 Å². The highest BCUT2D eigenvalue weighted by atomic mass is 16.6. The Kier molecular flexibility index (Phi) is 3.34. The maximum Gasteiger partial charge on any atom is 0.410 e. The van der Waals surface area contributed by atoms with Crippen molar-refractivity contribution in [3.05, 3.63) is 0 Å². The third kappa shape index (κ3) is 2.35. The van der Waals surface area contributed by atoms with E-state index in [1.165, 1.54) is 0 Å². The van der Waals surface area contributed by atoms with E-state index in [2.05, 4.69) is 25.7 Å². The number of ether oxygens (including phenoxy) is 1. The Balaban J connectivity index is 2.03. The molecule has 0 aromatic rings. The highest BCUT2D eigenvalue weighted by Crippen LogP contribution is 2.37. The zero-order valence-corrected chi connectivity index (χ0v) is 12.4. The summed E-state index contributed by atoms with van der Waals surface area (Å²) in [7, 11) is 0. The number of hydrogen-bond acceptors (Lipinski definition) is 3. The van der Waals surface area contributed by atoms with Gasteiger partial charge in [-0.2, -0.15) is 0 Å². The Bertz CT molecular complexity index is 333. The molecule has 2 bridgehead atoms. The summed E-state index contributed by atoms with van der Waals surface area (Å²) in [4.78, 5) is 16.6. The first-order chi connectivity index (χ1) is 8.20. The highest BCUT2D eigenvalue weighted by Gasteiger charge is 2.51. The van der Waals surface area contributed by atoms with Crippen molar-refractivity contribution in [1.82, 2.24) is 9.80 Å². The van der Waals surface area contributed by atoms with E-state index in [9.17, 15) is 4.79 Å². The molecule has 104 valence electrons. The summed E-state index contributed by atoms with van der Waals surface area (Å²) in [5.41, 5.74) is -0.403. The van der Waals surface area contributed by atoms with Crippen molar-refractivity contribution >= 4 is 6.09 Å². The van der Waals surface area contributed by atoms with Crippen LogP contribution in [0.5, 0.6) is 0 Å². The highest BCUT2D eigenvalue weighted by molar-refractivity contribution is 5.69. The van der Waals surface area contributed by atoms with Gasteiger partial charge in [0.2, 0.25) is 0 Å². The minimum Gasteiger partial charge on any atom is -0.444 e. The van der Waals surface area contributed by atoms with Gasteiger partial charge in [0.15, 0.2) is 0 Å². The van der Waals surface area contributed by atoms with Gasteiger partial charge < -0.3 is 9.64 Å². The average Bonchev–Trinajstić information content (AvgIpc) is 2.70. The van der Waals surface area contributed by atoms with Gasteiger partial charge in [0.25, 0.3) is 0 Å². The second-order valence-corrected chi connectivity index (χ2v) is 6.87. The normalized spacial score (nSPS) is 32.4. The summed E-state index contributed by atoms with van der Waals surface area (Å²) in [5, 5.41) is 0. The zero-order chi connectivity index (χ0) is 13.7. The molecular weight excluding hydrogens is 228 g/mol. The molecule has 0 aliphatic carbocycles. The predicted octanol–water partition coefficient (Wildman–Crippen LogP) is 2.48. The van der Waals surface area contributed by atoms with Gasteiger partial charge in [-0.15, -0.1) is 0 Å². The minimum atomic E-state index is -0.403. The predicted molar refractivity (Wildman–Crippen MR) is 71.6 cm³/mol. The summed E-state index contributed by atoms with van der Waals surface area (Å²) < 4.78 is 5.49. The van der Waals surface area contributed by atoms with Crippen LogP contribution in [0.15, 0.2) is 0 Å². The molecule has 18 heavy (non-hydrogen) atoms. The van der Waals surface area contributed by atoms with Crippen LogP contribution in [-0.2, 0) is 4.74 Å². The van der Waals surface area contributed by atoms with E-state index in [0.29, 0.717) is 24.2 Å². The molecule has 2 fully saturated rings. The molecular formula is C14H26N2O2. The maximum atomic E-state index is 12.2. The largest absolute Gasteiger partial charge is 0.444 e. The number of likely N-dealkylation sites (tertiary alicyclic amines) is 2. The topological polar surface area (TPSA) is 32.8 Å². The molecule has 0 aromatic heterocycles. The lowest BCUT2D eigenvalue weighted by molar-refractivity contribution is -0.000949. The molecule has 1 amide bonds. The number of rotatable bonds is 1. The van der Waals surface area contributed by atoms with Crippen LogP contribution in [0, 0.1) is 0 Å². The number of hydrogen-bond donors (Lipinski definition) is 0. The quantitative estimate of drug-likeness (QED) is 0.720. The van der Waals surface area contributed by atoms with Crippen molar-refractivity contribution in [2.75, 3.05) is 6.54 Å². The first-order valence-corrected chi connectivity index (χ1v) is 6.98. The van der Waals surface area contributed by atoms with Crippen molar-refractivity contribution < 1.29 is 9.53 Å². The lowest BCUT2D eigenvalue weighted by Gasteiger charge is -2.41. The smallest absolute Gasteiger partial charge is 0.410 e. The Morgan fingerprint density at radius 1 is 1.33 bits per heavy atom. The molecule has 4 heteroatoms. The number of piperazine rings is 1. The molecule has 0 radical (unpaired) electrons. The summed E-state index contributed by atoms with van der Waals surface area (Å²) in [5.74, 6) is 0. The van der Waals surface area contributed by atoms with Crippen molar-refractivity contribution in [3.63, 3.8) is 0 Å². The summed E-state index contributed by atoms with van der Waals surface area (Å²) in [6.07, 6.45) is 0.948. The molecule has 2 aliphatic heterocycles. The van der Waals surface area contributed by atoms with Crippen LogP contribution >= 0.6 is 0 Å². The number of carbonyl (C=O) groups is 1.